The molecule has 4 nitrogen and oxygen atoms in total. The molecule has 0 atom stereocenters. The van der Waals surface area contributed by atoms with Crippen LogP contribution in [0.4, 0.5) is 5.69 Å². The van der Waals surface area contributed by atoms with Gasteiger partial charge in [0.05, 0.1) is 21.8 Å². The van der Waals surface area contributed by atoms with E-state index in [-0.39, 0.29) is 11.7 Å². The second-order valence-electron chi connectivity index (χ2n) is 6.61. The Morgan fingerprint density at radius 2 is 2.04 bits per heavy atom. The number of carbonyl (C=O) groups excluding carboxylic acids is 1. The average Bonchev–Trinajstić information content (AvgIpc) is 2.82. The van der Waals surface area contributed by atoms with Gasteiger partial charge in [-0.1, -0.05) is 29.6 Å². The smallest absolute Gasteiger partial charge is 0.234 e. The van der Waals surface area contributed by atoms with Gasteiger partial charge in [-0.05, 0) is 49.2 Å². The second kappa shape index (κ2) is 8.13. The number of nitrogens with one attached hydrogen (secondary N) is 1. The Kier molecular flexibility index (Phi) is 5.62. The van der Waals surface area contributed by atoms with Gasteiger partial charge in [0, 0.05) is 28.6 Å². The lowest BCUT2D eigenvalue weighted by Crippen LogP contribution is -2.14. The Bertz CT molecular complexity index is 1000. The number of thioether (sulfide) groups is 1. The van der Waals surface area contributed by atoms with Gasteiger partial charge in [0.25, 0.3) is 0 Å². The summed E-state index contributed by atoms with van der Waals surface area (Å²) in [7, 11) is 0. The number of anilines is 1. The number of carbonyl (C=O) groups is 1. The molecule has 1 amide bonds. The Morgan fingerprint density at radius 1 is 1.15 bits per heavy atom. The van der Waals surface area contributed by atoms with E-state index in [4.69, 9.17) is 28.2 Å². The summed E-state index contributed by atoms with van der Waals surface area (Å²) in [6, 6.07) is 11.2. The van der Waals surface area contributed by atoms with Crippen LogP contribution in [0.5, 0.6) is 0 Å². The summed E-state index contributed by atoms with van der Waals surface area (Å²) in [5.41, 5.74) is 2.85. The predicted octanol–water partition coefficient (Wildman–Crippen LogP) is 5.80. The number of halogens is 2. The number of imidazole rings is 1. The lowest BCUT2D eigenvalue weighted by molar-refractivity contribution is -0.113. The first-order chi connectivity index (χ1) is 13.1. The quantitative estimate of drug-likeness (QED) is 0.543. The maximum Gasteiger partial charge on any atom is 0.234 e. The van der Waals surface area contributed by atoms with Gasteiger partial charge >= 0.3 is 0 Å². The average molecular weight is 420 g/mol. The fourth-order valence-corrected chi connectivity index (χ4v) is 4.65. The van der Waals surface area contributed by atoms with Crippen LogP contribution in [0.15, 0.2) is 41.3 Å². The van der Waals surface area contributed by atoms with E-state index in [1.165, 1.54) is 31.0 Å². The SMILES string of the molecule is O=C(CSc1cc(Cl)ccc1Cl)Nc1ccc2c(c1)nc1n2CCCCC1. The first-order valence-electron chi connectivity index (χ1n) is 8.97. The first kappa shape index (κ1) is 18.7. The lowest BCUT2D eigenvalue weighted by atomic mass is 10.2. The van der Waals surface area contributed by atoms with Crippen molar-refractivity contribution in [1.29, 1.82) is 0 Å². The summed E-state index contributed by atoms with van der Waals surface area (Å²) in [6.45, 7) is 1.02. The van der Waals surface area contributed by atoms with E-state index in [2.05, 4.69) is 9.88 Å². The fourth-order valence-electron chi connectivity index (χ4n) is 3.36. The minimum Gasteiger partial charge on any atom is -0.328 e. The normalized spacial score (nSPS) is 14.0. The van der Waals surface area contributed by atoms with Crippen LogP contribution in [0, 0.1) is 0 Å². The summed E-state index contributed by atoms with van der Waals surface area (Å²) in [5, 5.41) is 4.15. The number of nitrogens with zero attached hydrogens (tertiary/aromatic N) is 2. The van der Waals surface area contributed by atoms with E-state index in [1.54, 1.807) is 18.2 Å². The molecule has 0 saturated heterocycles. The van der Waals surface area contributed by atoms with Gasteiger partial charge in [-0.2, -0.15) is 0 Å². The standard InChI is InChI=1S/C20H19Cl2N3OS/c21-13-5-7-15(22)18(10-13)27-12-20(26)23-14-6-8-17-16(11-14)24-19-4-2-1-3-9-25(17)19/h5-8,10-11H,1-4,9,12H2,(H,23,26). The topological polar surface area (TPSA) is 46.9 Å². The van der Waals surface area contributed by atoms with Crippen molar-refractivity contribution >= 4 is 57.6 Å². The molecule has 0 spiro atoms. The number of aromatic nitrogens is 2. The first-order valence-corrected chi connectivity index (χ1v) is 10.7. The van der Waals surface area contributed by atoms with Crippen molar-refractivity contribution in [2.75, 3.05) is 11.1 Å². The third kappa shape index (κ3) is 4.26. The number of rotatable bonds is 4. The molecule has 0 aliphatic carbocycles. The highest BCUT2D eigenvalue weighted by Crippen LogP contribution is 2.30. The molecule has 0 radical (unpaired) electrons. The molecule has 7 heteroatoms. The van der Waals surface area contributed by atoms with Crippen LogP contribution in [0.25, 0.3) is 11.0 Å². The van der Waals surface area contributed by atoms with Gasteiger partial charge in [-0.25, -0.2) is 4.98 Å². The van der Waals surface area contributed by atoms with E-state index in [1.807, 2.05) is 18.2 Å². The van der Waals surface area contributed by atoms with Crippen molar-refractivity contribution < 1.29 is 4.79 Å². The molecule has 0 unspecified atom stereocenters. The lowest BCUT2D eigenvalue weighted by Gasteiger charge is -2.08. The molecule has 4 rings (SSSR count). The molecule has 1 N–H and O–H groups in total. The maximum absolute atomic E-state index is 12.3. The summed E-state index contributed by atoms with van der Waals surface area (Å²) in [4.78, 5) is 17.9. The van der Waals surface area contributed by atoms with Crippen LogP contribution in [0.3, 0.4) is 0 Å². The zero-order valence-electron chi connectivity index (χ0n) is 14.7. The van der Waals surface area contributed by atoms with Gasteiger partial charge < -0.3 is 9.88 Å². The predicted molar refractivity (Wildman–Crippen MR) is 113 cm³/mol. The molecule has 1 aliphatic rings. The highest BCUT2D eigenvalue weighted by atomic mass is 35.5. The van der Waals surface area contributed by atoms with Crippen molar-refractivity contribution in [1.82, 2.24) is 9.55 Å². The minimum atomic E-state index is -0.0869. The number of fused-ring (bicyclic) bond motifs is 3. The van der Waals surface area contributed by atoms with Crippen LogP contribution < -0.4 is 5.32 Å². The van der Waals surface area contributed by atoms with E-state index in [0.717, 1.165) is 40.4 Å². The van der Waals surface area contributed by atoms with Gasteiger partial charge in [0.15, 0.2) is 0 Å². The highest BCUT2D eigenvalue weighted by molar-refractivity contribution is 8.00. The van der Waals surface area contributed by atoms with Crippen LogP contribution in [-0.2, 0) is 17.8 Å². The van der Waals surface area contributed by atoms with E-state index in [0.29, 0.717) is 10.0 Å². The number of aryl methyl sites for hydroxylation is 2. The van der Waals surface area contributed by atoms with E-state index < -0.39 is 0 Å². The zero-order chi connectivity index (χ0) is 18.8. The Balaban J connectivity index is 1.45. The Hall–Kier alpha value is -1.69. The summed E-state index contributed by atoms with van der Waals surface area (Å²) in [5.74, 6) is 1.32. The van der Waals surface area contributed by atoms with Gasteiger partial charge in [0.1, 0.15) is 5.82 Å². The molecule has 1 aromatic heterocycles. The van der Waals surface area contributed by atoms with Gasteiger partial charge in [-0.15, -0.1) is 11.8 Å². The van der Waals surface area contributed by atoms with Gasteiger partial charge in [-0.3, -0.25) is 4.79 Å². The summed E-state index contributed by atoms with van der Waals surface area (Å²) < 4.78 is 2.31. The zero-order valence-corrected chi connectivity index (χ0v) is 17.0. The largest absolute Gasteiger partial charge is 0.328 e. The molecule has 2 aromatic carbocycles. The fraction of sp³-hybridized carbons (Fsp3) is 0.300. The summed E-state index contributed by atoms with van der Waals surface area (Å²) >= 11 is 13.5. The highest BCUT2D eigenvalue weighted by Gasteiger charge is 2.14. The van der Waals surface area contributed by atoms with Crippen molar-refractivity contribution in [2.24, 2.45) is 0 Å². The maximum atomic E-state index is 12.3. The van der Waals surface area contributed by atoms with Crippen LogP contribution >= 0.6 is 35.0 Å². The molecule has 140 valence electrons. The molecule has 2 heterocycles. The molecule has 0 bridgehead atoms. The van der Waals surface area contributed by atoms with Crippen molar-refractivity contribution in [3.63, 3.8) is 0 Å². The molecule has 27 heavy (non-hydrogen) atoms. The molecule has 1 aliphatic heterocycles. The molecule has 0 fully saturated rings. The second-order valence-corrected chi connectivity index (χ2v) is 8.47. The Morgan fingerprint density at radius 3 is 2.93 bits per heavy atom. The number of benzene rings is 2. The third-order valence-electron chi connectivity index (χ3n) is 4.65. The Labute approximate surface area is 172 Å². The van der Waals surface area contributed by atoms with Crippen LogP contribution in [-0.4, -0.2) is 21.2 Å². The monoisotopic (exact) mass is 419 g/mol. The van der Waals surface area contributed by atoms with Crippen molar-refractivity contribution in [3.8, 4) is 0 Å². The van der Waals surface area contributed by atoms with Gasteiger partial charge in [0.2, 0.25) is 5.91 Å². The molecule has 0 saturated carbocycles. The van der Waals surface area contributed by atoms with Crippen LogP contribution in [0.1, 0.15) is 25.1 Å². The third-order valence-corrected chi connectivity index (χ3v) is 6.38. The number of amides is 1. The summed E-state index contributed by atoms with van der Waals surface area (Å²) in [6.07, 6.45) is 4.66. The number of hydrogen-bond donors (Lipinski definition) is 1. The van der Waals surface area contributed by atoms with E-state index >= 15 is 0 Å². The number of hydrogen-bond acceptors (Lipinski definition) is 3. The molecule has 3 aromatic rings. The molecular weight excluding hydrogens is 401 g/mol. The van der Waals surface area contributed by atoms with Crippen molar-refractivity contribution in [2.45, 2.75) is 37.1 Å². The van der Waals surface area contributed by atoms with Crippen LogP contribution in [0.2, 0.25) is 10.0 Å². The van der Waals surface area contributed by atoms with Crippen molar-refractivity contribution in [3.05, 3.63) is 52.3 Å². The molecular formula is C20H19Cl2N3OS. The minimum absolute atomic E-state index is 0.0869. The van der Waals surface area contributed by atoms with E-state index in [9.17, 15) is 4.79 Å².